The van der Waals surface area contributed by atoms with E-state index in [9.17, 15) is 4.79 Å². The monoisotopic (exact) mass is 214 g/mol. The van der Waals surface area contributed by atoms with Crippen LogP contribution in [0.3, 0.4) is 0 Å². The lowest BCUT2D eigenvalue weighted by atomic mass is 10.4. The van der Waals surface area contributed by atoms with Gasteiger partial charge in [-0.25, -0.2) is 0 Å². The van der Waals surface area contributed by atoms with E-state index in [1.807, 2.05) is 13.0 Å². The van der Waals surface area contributed by atoms with Crippen LogP contribution in [0.15, 0.2) is 12.1 Å². The summed E-state index contributed by atoms with van der Waals surface area (Å²) in [5.41, 5.74) is 5.24. The number of thiocarbonyl (C=S) groups is 1. The third-order valence-corrected chi connectivity index (χ3v) is 2.53. The van der Waals surface area contributed by atoms with Gasteiger partial charge in [0.15, 0.2) is 0 Å². The molecule has 0 spiro atoms. The molecule has 0 aliphatic rings. The lowest BCUT2D eigenvalue weighted by molar-refractivity contribution is 0.0963. The van der Waals surface area contributed by atoms with E-state index in [0.717, 1.165) is 4.88 Å². The molecule has 1 heterocycles. The zero-order valence-electron chi connectivity index (χ0n) is 7.16. The predicted octanol–water partition coefficient (Wildman–Crippen LogP) is 1.07. The van der Waals surface area contributed by atoms with Gasteiger partial charge in [-0.05, 0) is 19.1 Å². The summed E-state index contributed by atoms with van der Waals surface area (Å²) in [5.74, 6) is -0.120. The molecule has 0 atom stereocenters. The van der Waals surface area contributed by atoms with Crippen molar-refractivity contribution in [2.75, 3.05) is 6.54 Å². The van der Waals surface area contributed by atoms with Crippen molar-refractivity contribution in [2.24, 2.45) is 5.73 Å². The van der Waals surface area contributed by atoms with Crippen LogP contribution < -0.4 is 11.1 Å². The van der Waals surface area contributed by atoms with E-state index in [-0.39, 0.29) is 12.5 Å². The lowest BCUT2D eigenvalue weighted by Crippen LogP contribution is -2.31. The van der Waals surface area contributed by atoms with Crippen LogP contribution in [0.4, 0.5) is 0 Å². The van der Waals surface area contributed by atoms with Gasteiger partial charge in [-0.2, -0.15) is 0 Å². The highest BCUT2D eigenvalue weighted by molar-refractivity contribution is 7.80. The fourth-order valence-corrected chi connectivity index (χ4v) is 1.67. The van der Waals surface area contributed by atoms with Gasteiger partial charge in [0.25, 0.3) is 5.91 Å². The molecule has 0 radical (unpaired) electrons. The van der Waals surface area contributed by atoms with Crippen molar-refractivity contribution in [2.45, 2.75) is 6.92 Å². The first kappa shape index (κ1) is 10.1. The molecule has 13 heavy (non-hydrogen) atoms. The van der Waals surface area contributed by atoms with E-state index in [4.69, 9.17) is 5.73 Å². The van der Waals surface area contributed by atoms with Crippen molar-refractivity contribution < 1.29 is 4.79 Å². The molecule has 0 saturated heterocycles. The molecule has 1 rings (SSSR count). The number of nitrogens with one attached hydrogen (secondary N) is 1. The molecule has 0 unspecified atom stereocenters. The Balaban J connectivity index is 2.54. The van der Waals surface area contributed by atoms with Gasteiger partial charge >= 0.3 is 0 Å². The molecule has 1 aromatic heterocycles. The maximum Gasteiger partial charge on any atom is 0.261 e. The highest BCUT2D eigenvalue weighted by Gasteiger charge is 2.06. The van der Waals surface area contributed by atoms with E-state index in [0.29, 0.717) is 9.87 Å². The van der Waals surface area contributed by atoms with Crippen LogP contribution in [-0.2, 0) is 0 Å². The minimum atomic E-state index is -0.120. The third-order valence-electron chi connectivity index (χ3n) is 1.39. The van der Waals surface area contributed by atoms with Gasteiger partial charge in [0, 0.05) is 4.88 Å². The molecular formula is C8H10N2OS2. The molecule has 5 heteroatoms. The molecule has 0 aromatic carbocycles. The number of nitrogens with two attached hydrogens (primary N) is 1. The first-order valence-electron chi connectivity index (χ1n) is 3.72. The van der Waals surface area contributed by atoms with E-state index in [1.165, 1.54) is 11.3 Å². The maximum absolute atomic E-state index is 11.3. The van der Waals surface area contributed by atoms with Gasteiger partial charge in [0.05, 0.1) is 16.4 Å². The van der Waals surface area contributed by atoms with Gasteiger partial charge < -0.3 is 11.1 Å². The number of rotatable bonds is 3. The summed E-state index contributed by atoms with van der Waals surface area (Å²) in [4.78, 5) is 13.4. The number of carbonyl (C=O) groups excluding carboxylic acids is 1. The largest absolute Gasteiger partial charge is 0.392 e. The smallest absolute Gasteiger partial charge is 0.261 e. The fourth-order valence-electron chi connectivity index (χ4n) is 0.811. The van der Waals surface area contributed by atoms with Crippen LogP contribution in [0, 0.1) is 6.92 Å². The van der Waals surface area contributed by atoms with Gasteiger partial charge in [0.2, 0.25) is 0 Å². The van der Waals surface area contributed by atoms with Crippen LogP contribution in [0.5, 0.6) is 0 Å². The molecular weight excluding hydrogens is 204 g/mol. The Morgan fingerprint density at radius 2 is 2.38 bits per heavy atom. The number of hydrogen-bond acceptors (Lipinski definition) is 3. The lowest BCUT2D eigenvalue weighted by Gasteiger charge is -2.00. The number of carbonyl (C=O) groups is 1. The summed E-state index contributed by atoms with van der Waals surface area (Å²) in [6.45, 7) is 2.21. The maximum atomic E-state index is 11.3. The topological polar surface area (TPSA) is 55.1 Å². The highest BCUT2D eigenvalue weighted by atomic mass is 32.1. The SMILES string of the molecule is Cc1ccc(C(=O)NCC(N)=S)s1. The van der Waals surface area contributed by atoms with Crippen LogP contribution in [-0.4, -0.2) is 17.4 Å². The van der Waals surface area contributed by atoms with Crippen LogP contribution in [0.1, 0.15) is 14.5 Å². The highest BCUT2D eigenvalue weighted by Crippen LogP contribution is 2.14. The molecule has 1 amide bonds. The van der Waals surface area contributed by atoms with E-state index >= 15 is 0 Å². The molecule has 3 N–H and O–H groups in total. The third kappa shape index (κ3) is 3.12. The number of hydrogen-bond donors (Lipinski definition) is 2. The zero-order valence-corrected chi connectivity index (χ0v) is 8.80. The van der Waals surface area contributed by atoms with Crippen molar-refractivity contribution in [3.8, 4) is 0 Å². The van der Waals surface area contributed by atoms with Crippen molar-refractivity contribution in [1.29, 1.82) is 0 Å². The zero-order chi connectivity index (χ0) is 9.84. The quantitative estimate of drug-likeness (QED) is 0.740. The first-order valence-corrected chi connectivity index (χ1v) is 4.95. The fraction of sp³-hybridized carbons (Fsp3) is 0.250. The summed E-state index contributed by atoms with van der Waals surface area (Å²) in [6.07, 6.45) is 0. The van der Waals surface area contributed by atoms with Crippen molar-refractivity contribution >= 4 is 34.5 Å². The molecule has 0 saturated carbocycles. The number of thiophene rings is 1. The van der Waals surface area contributed by atoms with Crippen LogP contribution in [0.25, 0.3) is 0 Å². The second-order valence-electron chi connectivity index (χ2n) is 2.56. The molecule has 0 bridgehead atoms. The summed E-state index contributed by atoms with van der Waals surface area (Å²) in [5, 5.41) is 2.62. The van der Waals surface area contributed by atoms with Crippen LogP contribution >= 0.6 is 23.6 Å². The predicted molar refractivity (Wildman–Crippen MR) is 58.2 cm³/mol. The first-order chi connectivity index (χ1) is 6.09. The van der Waals surface area contributed by atoms with Crippen molar-refractivity contribution in [3.63, 3.8) is 0 Å². The Bertz CT molecular complexity index is 333. The average molecular weight is 214 g/mol. The van der Waals surface area contributed by atoms with E-state index in [2.05, 4.69) is 17.5 Å². The van der Waals surface area contributed by atoms with Gasteiger partial charge in [-0.3, -0.25) is 4.79 Å². The number of amides is 1. The average Bonchev–Trinajstić information content (AvgIpc) is 2.47. The summed E-state index contributed by atoms with van der Waals surface area (Å²) >= 11 is 6.09. The molecule has 3 nitrogen and oxygen atoms in total. The van der Waals surface area contributed by atoms with E-state index in [1.54, 1.807) is 6.07 Å². The molecule has 0 aliphatic carbocycles. The Hall–Kier alpha value is -0.940. The van der Waals surface area contributed by atoms with E-state index < -0.39 is 0 Å². The minimum absolute atomic E-state index is 0.120. The molecule has 0 aliphatic heterocycles. The Morgan fingerprint density at radius 3 is 2.85 bits per heavy atom. The van der Waals surface area contributed by atoms with Gasteiger partial charge in [0.1, 0.15) is 0 Å². The Kier molecular flexibility index (Phi) is 3.39. The second-order valence-corrected chi connectivity index (χ2v) is 4.37. The summed E-state index contributed by atoms with van der Waals surface area (Å²) in [7, 11) is 0. The van der Waals surface area contributed by atoms with Crippen molar-refractivity contribution in [3.05, 3.63) is 21.9 Å². The molecule has 1 aromatic rings. The Morgan fingerprint density at radius 1 is 1.69 bits per heavy atom. The number of aryl methyl sites for hydroxylation is 1. The van der Waals surface area contributed by atoms with Crippen molar-refractivity contribution in [1.82, 2.24) is 5.32 Å². The minimum Gasteiger partial charge on any atom is -0.392 e. The second kappa shape index (κ2) is 4.34. The Labute approximate surface area is 85.9 Å². The molecule has 0 fully saturated rings. The normalized spacial score (nSPS) is 9.62. The summed E-state index contributed by atoms with van der Waals surface area (Å²) in [6, 6.07) is 3.69. The molecule has 70 valence electrons. The van der Waals surface area contributed by atoms with Gasteiger partial charge in [-0.15, -0.1) is 11.3 Å². The summed E-state index contributed by atoms with van der Waals surface area (Å²) < 4.78 is 0. The van der Waals surface area contributed by atoms with Crippen LogP contribution in [0.2, 0.25) is 0 Å². The van der Waals surface area contributed by atoms with Gasteiger partial charge in [-0.1, -0.05) is 12.2 Å². The standard InChI is InChI=1S/C8H10N2OS2/c1-5-2-3-6(13-5)8(11)10-4-7(9)12/h2-3H,4H2,1H3,(H2,9,12)(H,10,11).